The number of hydrogen-bond donors (Lipinski definition) is 1. The minimum atomic E-state index is -0.312. The number of amides is 1. The van der Waals surface area contributed by atoms with E-state index in [0.717, 1.165) is 34.5 Å². The number of nitrogens with zero attached hydrogens (tertiary/aromatic N) is 4. The predicted octanol–water partition coefficient (Wildman–Crippen LogP) is 3.88. The molecule has 1 aliphatic heterocycles. The largest absolute Gasteiger partial charge is 0.505 e. The third-order valence-electron chi connectivity index (χ3n) is 5.39. The lowest BCUT2D eigenvalue weighted by Crippen LogP contribution is -2.23. The van der Waals surface area contributed by atoms with Gasteiger partial charge in [-0.2, -0.15) is 0 Å². The first-order valence-corrected chi connectivity index (χ1v) is 11.0. The number of hydrogen-bond acceptors (Lipinski definition) is 6. The van der Waals surface area contributed by atoms with Gasteiger partial charge in [-0.3, -0.25) is 9.78 Å². The van der Waals surface area contributed by atoms with Crippen molar-refractivity contribution in [3.63, 3.8) is 0 Å². The maximum atomic E-state index is 13.3. The van der Waals surface area contributed by atoms with Crippen LogP contribution in [0.1, 0.15) is 21.5 Å². The SMILES string of the molecule is CN(C)CCSN(C)c1c2c(c(O)c3ncccc13)C(=O)N(Cc1ccc(F)cc1)C2. The average molecular weight is 441 g/mol. The van der Waals surface area contributed by atoms with Gasteiger partial charge in [0, 0.05) is 49.6 Å². The first-order valence-electron chi connectivity index (χ1n) is 10.0. The van der Waals surface area contributed by atoms with Crippen molar-refractivity contribution in [2.45, 2.75) is 13.1 Å². The Kier molecular flexibility index (Phi) is 6.02. The molecule has 0 saturated heterocycles. The highest BCUT2D eigenvalue weighted by Gasteiger charge is 2.36. The van der Waals surface area contributed by atoms with E-state index in [9.17, 15) is 14.3 Å². The zero-order chi connectivity index (χ0) is 22.1. The van der Waals surface area contributed by atoms with Crippen molar-refractivity contribution in [1.29, 1.82) is 0 Å². The molecule has 1 aromatic heterocycles. The van der Waals surface area contributed by atoms with Gasteiger partial charge in [0.05, 0.1) is 11.3 Å². The Hall–Kier alpha value is -2.84. The number of carbonyl (C=O) groups is 1. The molecule has 1 amide bonds. The van der Waals surface area contributed by atoms with Crippen molar-refractivity contribution in [2.75, 3.05) is 37.7 Å². The summed E-state index contributed by atoms with van der Waals surface area (Å²) >= 11 is 1.66. The van der Waals surface area contributed by atoms with E-state index in [1.165, 1.54) is 12.1 Å². The number of pyridine rings is 1. The van der Waals surface area contributed by atoms with E-state index in [4.69, 9.17) is 0 Å². The number of anilines is 1. The molecule has 3 aromatic rings. The fourth-order valence-electron chi connectivity index (χ4n) is 3.85. The smallest absolute Gasteiger partial charge is 0.258 e. The van der Waals surface area contributed by atoms with E-state index in [-0.39, 0.29) is 17.5 Å². The summed E-state index contributed by atoms with van der Waals surface area (Å²) < 4.78 is 15.3. The summed E-state index contributed by atoms with van der Waals surface area (Å²) in [6.07, 6.45) is 1.62. The Morgan fingerprint density at radius 3 is 2.65 bits per heavy atom. The zero-order valence-corrected chi connectivity index (χ0v) is 18.6. The van der Waals surface area contributed by atoms with Crippen LogP contribution in [0.2, 0.25) is 0 Å². The predicted molar refractivity (Wildman–Crippen MR) is 123 cm³/mol. The molecule has 0 atom stereocenters. The van der Waals surface area contributed by atoms with Gasteiger partial charge in [0.1, 0.15) is 11.3 Å². The summed E-state index contributed by atoms with van der Waals surface area (Å²) in [7, 11) is 6.04. The summed E-state index contributed by atoms with van der Waals surface area (Å²) in [4.78, 5) is 21.4. The van der Waals surface area contributed by atoms with E-state index in [0.29, 0.717) is 24.2 Å². The maximum absolute atomic E-state index is 13.3. The number of phenols is 1. The summed E-state index contributed by atoms with van der Waals surface area (Å²) in [5, 5.41) is 11.7. The zero-order valence-electron chi connectivity index (χ0n) is 17.8. The fraction of sp³-hybridized carbons (Fsp3) is 0.304. The van der Waals surface area contributed by atoms with Crippen molar-refractivity contribution in [2.24, 2.45) is 0 Å². The van der Waals surface area contributed by atoms with Crippen molar-refractivity contribution < 1.29 is 14.3 Å². The molecule has 2 aromatic carbocycles. The molecule has 0 saturated carbocycles. The number of aromatic hydroxyl groups is 1. The third kappa shape index (κ3) is 4.18. The van der Waals surface area contributed by atoms with Crippen LogP contribution < -0.4 is 4.31 Å². The quantitative estimate of drug-likeness (QED) is 0.563. The number of benzene rings is 2. The van der Waals surface area contributed by atoms with E-state index in [1.807, 2.05) is 33.3 Å². The van der Waals surface area contributed by atoms with Gasteiger partial charge in [0.25, 0.3) is 5.91 Å². The van der Waals surface area contributed by atoms with Gasteiger partial charge in [-0.1, -0.05) is 12.1 Å². The highest BCUT2D eigenvalue weighted by atomic mass is 32.2. The third-order valence-corrected chi connectivity index (χ3v) is 6.32. The molecule has 2 heterocycles. The summed E-state index contributed by atoms with van der Waals surface area (Å²) in [6.45, 7) is 1.63. The van der Waals surface area contributed by atoms with Crippen LogP contribution in [0.25, 0.3) is 10.9 Å². The highest BCUT2D eigenvalue weighted by Crippen LogP contribution is 2.45. The number of phenolic OH excluding ortho intramolecular Hbond substituents is 1. The Balaban J connectivity index is 1.73. The topological polar surface area (TPSA) is 59.9 Å². The molecule has 162 valence electrons. The van der Waals surface area contributed by atoms with Crippen LogP contribution in [0.3, 0.4) is 0 Å². The van der Waals surface area contributed by atoms with Gasteiger partial charge in [-0.25, -0.2) is 4.39 Å². The lowest BCUT2D eigenvalue weighted by Gasteiger charge is -2.24. The Morgan fingerprint density at radius 1 is 1.19 bits per heavy atom. The minimum Gasteiger partial charge on any atom is -0.505 e. The van der Waals surface area contributed by atoms with E-state index in [2.05, 4.69) is 14.2 Å². The number of aromatic nitrogens is 1. The molecule has 0 fully saturated rings. The van der Waals surface area contributed by atoms with Gasteiger partial charge in [0.2, 0.25) is 0 Å². The monoisotopic (exact) mass is 440 g/mol. The molecule has 0 spiro atoms. The van der Waals surface area contributed by atoms with Crippen molar-refractivity contribution in [1.82, 2.24) is 14.8 Å². The summed E-state index contributed by atoms with van der Waals surface area (Å²) in [5.74, 6) is 0.257. The summed E-state index contributed by atoms with van der Waals surface area (Å²) in [6, 6.07) is 9.89. The molecule has 6 nitrogen and oxygen atoms in total. The molecule has 0 radical (unpaired) electrons. The molecule has 1 N–H and O–H groups in total. The van der Waals surface area contributed by atoms with Crippen molar-refractivity contribution in [3.8, 4) is 5.75 Å². The first-order chi connectivity index (χ1) is 14.9. The normalized spacial score (nSPS) is 13.3. The van der Waals surface area contributed by atoms with Crippen LogP contribution in [0.5, 0.6) is 5.75 Å². The van der Waals surface area contributed by atoms with Crippen LogP contribution in [-0.4, -0.2) is 59.2 Å². The standard InChI is InChI=1S/C23H25FN4O2S/c1-26(2)11-12-31-27(3)21-17-5-4-10-25-20(17)22(29)19-18(21)14-28(23(19)30)13-15-6-8-16(24)9-7-15/h4-10,29H,11-14H2,1-3H3. The van der Waals surface area contributed by atoms with Gasteiger partial charge < -0.3 is 19.2 Å². The van der Waals surface area contributed by atoms with E-state index < -0.39 is 0 Å². The lowest BCUT2D eigenvalue weighted by molar-refractivity contribution is 0.0764. The van der Waals surface area contributed by atoms with Crippen LogP contribution in [-0.2, 0) is 13.1 Å². The number of rotatable bonds is 7. The fourth-order valence-corrected chi connectivity index (χ4v) is 4.91. The minimum absolute atomic E-state index is 0.0763. The Bertz CT molecular complexity index is 1120. The molecule has 0 aliphatic carbocycles. The second kappa shape index (κ2) is 8.72. The average Bonchev–Trinajstić information content (AvgIpc) is 3.05. The Labute approximate surface area is 185 Å². The summed E-state index contributed by atoms with van der Waals surface area (Å²) in [5.41, 5.74) is 3.26. The second-order valence-electron chi connectivity index (χ2n) is 7.87. The molecule has 1 aliphatic rings. The van der Waals surface area contributed by atoms with Crippen LogP contribution >= 0.6 is 11.9 Å². The molecular formula is C23H25FN4O2S. The van der Waals surface area contributed by atoms with E-state index in [1.54, 1.807) is 35.2 Å². The van der Waals surface area contributed by atoms with E-state index >= 15 is 0 Å². The van der Waals surface area contributed by atoms with Crippen LogP contribution in [0, 0.1) is 5.82 Å². The van der Waals surface area contributed by atoms with Gasteiger partial charge >= 0.3 is 0 Å². The van der Waals surface area contributed by atoms with Crippen LogP contribution in [0.4, 0.5) is 10.1 Å². The van der Waals surface area contributed by atoms with Crippen molar-refractivity contribution in [3.05, 3.63) is 65.1 Å². The Morgan fingerprint density at radius 2 is 1.94 bits per heavy atom. The van der Waals surface area contributed by atoms with Crippen molar-refractivity contribution >= 4 is 34.4 Å². The molecule has 31 heavy (non-hydrogen) atoms. The van der Waals surface area contributed by atoms with Crippen LogP contribution in [0.15, 0.2) is 42.6 Å². The molecule has 4 rings (SSSR count). The second-order valence-corrected chi connectivity index (χ2v) is 9.09. The molecule has 0 bridgehead atoms. The number of fused-ring (bicyclic) bond motifs is 2. The number of halogens is 1. The van der Waals surface area contributed by atoms with Gasteiger partial charge in [-0.05, 0) is 55.9 Å². The highest BCUT2D eigenvalue weighted by molar-refractivity contribution is 8.00. The molecular weight excluding hydrogens is 415 g/mol. The van der Waals surface area contributed by atoms with Gasteiger partial charge in [0.15, 0.2) is 5.75 Å². The first kappa shape index (κ1) is 21.4. The lowest BCUT2D eigenvalue weighted by atomic mass is 10.0. The number of carbonyl (C=O) groups excluding carboxylic acids is 1. The maximum Gasteiger partial charge on any atom is 0.258 e. The van der Waals surface area contributed by atoms with Gasteiger partial charge in [-0.15, -0.1) is 0 Å². The molecule has 0 unspecified atom stereocenters. The molecule has 8 heteroatoms.